The summed E-state index contributed by atoms with van der Waals surface area (Å²) < 4.78 is 12.5. The van der Waals surface area contributed by atoms with Gasteiger partial charge < -0.3 is 14.8 Å². The van der Waals surface area contributed by atoms with Crippen molar-refractivity contribution in [1.29, 1.82) is 0 Å². The van der Waals surface area contributed by atoms with E-state index in [4.69, 9.17) is 32.7 Å². The topological polar surface area (TPSA) is 30.5 Å². The quantitative estimate of drug-likeness (QED) is 0.521. The lowest BCUT2D eigenvalue weighted by Crippen LogP contribution is -2.25. The van der Waals surface area contributed by atoms with E-state index in [0.717, 1.165) is 22.0 Å². The fourth-order valence-corrected chi connectivity index (χ4v) is 3.19. The first-order chi connectivity index (χ1) is 12.0. The Morgan fingerprint density at radius 1 is 1.20 bits per heavy atom. The van der Waals surface area contributed by atoms with Gasteiger partial charge in [0.25, 0.3) is 0 Å². The van der Waals surface area contributed by atoms with Gasteiger partial charge in [-0.1, -0.05) is 52.1 Å². The van der Waals surface area contributed by atoms with E-state index >= 15 is 0 Å². The van der Waals surface area contributed by atoms with Gasteiger partial charge in [-0.05, 0) is 37.6 Å². The van der Waals surface area contributed by atoms with Crippen molar-refractivity contribution in [2.45, 2.75) is 39.5 Å². The monoisotopic (exact) mass is 445 g/mol. The van der Waals surface area contributed by atoms with Crippen LogP contribution in [-0.2, 0) is 13.2 Å². The van der Waals surface area contributed by atoms with Gasteiger partial charge >= 0.3 is 0 Å². The maximum Gasteiger partial charge on any atom is 0.167 e. The van der Waals surface area contributed by atoms with Crippen LogP contribution in [0.25, 0.3) is 0 Å². The van der Waals surface area contributed by atoms with Crippen LogP contribution in [0.1, 0.15) is 31.4 Å². The highest BCUT2D eigenvalue weighted by Gasteiger charge is 2.16. The summed E-state index contributed by atoms with van der Waals surface area (Å²) in [6.07, 6.45) is 1.05. The molecule has 0 heterocycles. The molecule has 6 heteroatoms. The maximum atomic E-state index is 6.24. The largest absolute Gasteiger partial charge is 0.493 e. The van der Waals surface area contributed by atoms with Crippen LogP contribution in [0.4, 0.5) is 0 Å². The smallest absolute Gasteiger partial charge is 0.167 e. The number of nitrogens with one attached hydrogen (secondary N) is 1. The molecule has 0 radical (unpaired) electrons. The molecular formula is C19H22BrCl2NO2. The van der Waals surface area contributed by atoms with E-state index in [-0.39, 0.29) is 0 Å². The van der Waals surface area contributed by atoms with Gasteiger partial charge in [0.1, 0.15) is 6.61 Å². The second-order valence-electron chi connectivity index (χ2n) is 5.77. The highest BCUT2D eigenvalue weighted by molar-refractivity contribution is 9.10. The van der Waals surface area contributed by atoms with Crippen molar-refractivity contribution in [3.63, 3.8) is 0 Å². The number of hydrogen-bond donors (Lipinski definition) is 1. The minimum Gasteiger partial charge on any atom is -0.493 e. The number of hydrogen-bond acceptors (Lipinski definition) is 3. The molecule has 0 fully saturated rings. The van der Waals surface area contributed by atoms with Crippen molar-refractivity contribution in [2.75, 3.05) is 7.11 Å². The molecule has 1 N–H and O–H groups in total. The van der Waals surface area contributed by atoms with E-state index in [1.165, 1.54) is 0 Å². The Kier molecular flexibility index (Phi) is 7.88. The lowest BCUT2D eigenvalue weighted by Gasteiger charge is -2.19. The molecule has 0 amide bonds. The Morgan fingerprint density at radius 3 is 2.60 bits per heavy atom. The van der Waals surface area contributed by atoms with E-state index in [1.807, 2.05) is 18.2 Å². The molecule has 2 rings (SSSR count). The summed E-state index contributed by atoms with van der Waals surface area (Å²) >= 11 is 15.8. The van der Waals surface area contributed by atoms with Crippen molar-refractivity contribution >= 4 is 39.1 Å². The van der Waals surface area contributed by atoms with Crippen LogP contribution >= 0.6 is 39.1 Å². The molecule has 0 bridgehead atoms. The molecule has 0 aliphatic rings. The summed E-state index contributed by atoms with van der Waals surface area (Å²) in [5.41, 5.74) is 1.89. The zero-order chi connectivity index (χ0) is 18.4. The second kappa shape index (κ2) is 9.67. The standard InChI is InChI=1S/C19H22BrCl2NO2/c1-4-12(2)23-10-15-16(20)7-8-18(24-3)19(15)25-11-13-5-6-14(21)9-17(13)22/h5-9,12,23H,4,10-11H2,1-3H3. The SMILES string of the molecule is CCC(C)NCc1c(Br)ccc(OC)c1OCc1ccc(Cl)cc1Cl. The average Bonchev–Trinajstić information content (AvgIpc) is 2.60. The maximum absolute atomic E-state index is 6.24. The molecule has 0 aliphatic heterocycles. The predicted molar refractivity (Wildman–Crippen MR) is 108 cm³/mol. The van der Waals surface area contributed by atoms with E-state index in [9.17, 15) is 0 Å². The van der Waals surface area contributed by atoms with Crippen molar-refractivity contribution < 1.29 is 9.47 Å². The summed E-state index contributed by atoms with van der Waals surface area (Å²) in [5.74, 6) is 1.40. The Bertz CT molecular complexity index is 725. The molecule has 1 atom stereocenters. The Morgan fingerprint density at radius 2 is 1.96 bits per heavy atom. The van der Waals surface area contributed by atoms with Crippen molar-refractivity contribution in [1.82, 2.24) is 5.32 Å². The minimum atomic E-state index is 0.332. The van der Waals surface area contributed by atoms with E-state index < -0.39 is 0 Å². The lowest BCUT2D eigenvalue weighted by molar-refractivity contribution is 0.280. The Hall–Kier alpha value is -0.940. The summed E-state index contributed by atoms with van der Waals surface area (Å²) in [7, 11) is 1.64. The van der Waals surface area contributed by atoms with Crippen LogP contribution in [0.3, 0.4) is 0 Å². The fraction of sp³-hybridized carbons (Fsp3) is 0.368. The zero-order valence-corrected chi connectivity index (χ0v) is 17.6. The average molecular weight is 447 g/mol. The molecule has 0 saturated heterocycles. The predicted octanol–water partition coefficient (Wildman–Crippen LogP) is 6.23. The van der Waals surface area contributed by atoms with Gasteiger partial charge in [0.15, 0.2) is 11.5 Å². The summed E-state index contributed by atoms with van der Waals surface area (Å²) in [5, 5.41) is 4.68. The fourth-order valence-electron chi connectivity index (χ4n) is 2.28. The van der Waals surface area contributed by atoms with E-state index in [2.05, 4.69) is 35.1 Å². The number of benzene rings is 2. The molecular weight excluding hydrogens is 425 g/mol. The third-order valence-electron chi connectivity index (χ3n) is 4.01. The molecule has 2 aromatic carbocycles. The highest BCUT2D eigenvalue weighted by atomic mass is 79.9. The second-order valence-corrected chi connectivity index (χ2v) is 7.47. The van der Waals surface area contributed by atoms with Crippen LogP contribution in [0, 0.1) is 0 Å². The molecule has 0 saturated carbocycles. The van der Waals surface area contributed by atoms with Crippen LogP contribution < -0.4 is 14.8 Å². The van der Waals surface area contributed by atoms with Gasteiger partial charge in [-0.3, -0.25) is 0 Å². The van der Waals surface area contributed by atoms with Crippen LogP contribution in [0.15, 0.2) is 34.8 Å². The van der Waals surface area contributed by atoms with Crippen molar-refractivity contribution in [3.8, 4) is 11.5 Å². The van der Waals surface area contributed by atoms with Gasteiger partial charge in [0, 0.05) is 38.2 Å². The Balaban J connectivity index is 2.26. The van der Waals surface area contributed by atoms with Crippen molar-refractivity contribution in [2.24, 2.45) is 0 Å². The van der Waals surface area contributed by atoms with Gasteiger partial charge in [-0.2, -0.15) is 0 Å². The first-order valence-corrected chi connectivity index (χ1v) is 9.66. The third kappa shape index (κ3) is 5.52. The van der Waals surface area contributed by atoms with Gasteiger partial charge in [0.2, 0.25) is 0 Å². The molecule has 136 valence electrons. The minimum absolute atomic E-state index is 0.332. The molecule has 0 spiro atoms. The number of ether oxygens (including phenoxy) is 2. The van der Waals surface area contributed by atoms with Gasteiger partial charge in [-0.25, -0.2) is 0 Å². The lowest BCUT2D eigenvalue weighted by atomic mass is 10.1. The first kappa shape index (κ1) is 20.4. The zero-order valence-electron chi connectivity index (χ0n) is 14.5. The normalized spacial score (nSPS) is 12.1. The summed E-state index contributed by atoms with van der Waals surface area (Å²) in [6, 6.07) is 9.65. The van der Waals surface area contributed by atoms with Gasteiger partial charge in [-0.15, -0.1) is 0 Å². The first-order valence-electron chi connectivity index (χ1n) is 8.11. The molecule has 25 heavy (non-hydrogen) atoms. The molecule has 0 aromatic heterocycles. The molecule has 2 aromatic rings. The van der Waals surface area contributed by atoms with Gasteiger partial charge in [0.05, 0.1) is 7.11 Å². The van der Waals surface area contributed by atoms with Crippen LogP contribution in [0.5, 0.6) is 11.5 Å². The summed E-state index contributed by atoms with van der Waals surface area (Å²) in [4.78, 5) is 0. The molecule has 3 nitrogen and oxygen atoms in total. The highest BCUT2D eigenvalue weighted by Crippen LogP contribution is 2.37. The van der Waals surface area contributed by atoms with Crippen LogP contribution in [0.2, 0.25) is 10.0 Å². The summed E-state index contributed by atoms with van der Waals surface area (Å²) in [6.45, 7) is 5.32. The molecule has 1 unspecified atom stereocenters. The van der Waals surface area contributed by atoms with E-state index in [0.29, 0.717) is 40.7 Å². The third-order valence-corrected chi connectivity index (χ3v) is 5.34. The number of rotatable bonds is 8. The molecule has 0 aliphatic carbocycles. The van der Waals surface area contributed by atoms with E-state index in [1.54, 1.807) is 19.2 Å². The van der Waals surface area contributed by atoms with Crippen LogP contribution in [-0.4, -0.2) is 13.2 Å². The number of methoxy groups -OCH3 is 1. The number of halogens is 3. The Labute approximate surface area is 167 Å². The van der Waals surface area contributed by atoms with Crippen molar-refractivity contribution in [3.05, 3.63) is 56.0 Å².